The van der Waals surface area contributed by atoms with Crippen LogP contribution >= 0.6 is 11.3 Å². The van der Waals surface area contributed by atoms with Crippen LogP contribution in [0.3, 0.4) is 0 Å². The average molecular weight is 346 g/mol. The minimum atomic E-state index is 0.0622. The smallest absolute Gasteiger partial charge is 0.203 e. The molecule has 2 aromatic rings. The van der Waals surface area contributed by atoms with Gasteiger partial charge in [-0.25, -0.2) is 4.98 Å². The van der Waals surface area contributed by atoms with E-state index < -0.39 is 0 Å². The lowest BCUT2D eigenvalue weighted by atomic mass is 10.3. The predicted octanol–water partition coefficient (Wildman–Crippen LogP) is 2.63. The number of thiazole rings is 1. The molecule has 1 saturated heterocycles. The van der Waals surface area contributed by atoms with Crippen molar-refractivity contribution in [2.24, 2.45) is 0 Å². The molecule has 3 heterocycles. The summed E-state index contributed by atoms with van der Waals surface area (Å²) in [4.78, 5) is 9.45. The van der Waals surface area contributed by atoms with Crippen LogP contribution in [0.4, 0.5) is 0 Å². The van der Waals surface area contributed by atoms with Crippen LogP contribution in [0.5, 0.6) is 0 Å². The van der Waals surface area contributed by atoms with E-state index >= 15 is 0 Å². The van der Waals surface area contributed by atoms with Crippen LogP contribution in [-0.4, -0.2) is 48.1 Å². The minimum absolute atomic E-state index is 0.0622. The van der Waals surface area contributed by atoms with Gasteiger partial charge in [-0.15, -0.1) is 11.3 Å². The summed E-state index contributed by atoms with van der Waals surface area (Å²) in [7, 11) is 1.71. The molecule has 0 N–H and O–H groups in total. The lowest BCUT2D eigenvalue weighted by Crippen LogP contribution is -2.45. The van der Waals surface area contributed by atoms with Gasteiger partial charge in [-0.2, -0.15) is 5.26 Å². The number of hydrogen-bond acceptors (Lipinski definition) is 7. The molecule has 6 nitrogen and oxygen atoms in total. The van der Waals surface area contributed by atoms with Crippen molar-refractivity contribution in [1.29, 1.82) is 5.26 Å². The van der Waals surface area contributed by atoms with Gasteiger partial charge in [0.2, 0.25) is 5.76 Å². The van der Waals surface area contributed by atoms with Gasteiger partial charge in [0.15, 0.2) is 0 Å². The van der Waals surface area contributed by atoms with Crippen LogP contribution in [0, 0.1) is 11.3 Å². The molecule has 128 valence electrons. The zero-order chi connectivity index (χ0) is 16.9. The van der Waals surface area contributed by atoms with Crippen LogP contribution in [0.2, 0.25) is 0 Å². The SMILES string of the molecule is CO[C@H](C)c1nc(CN2CCN(Cc3ccc(C#N)o3)CC2)cs1. The summed E-state index contributed by atoms with van der Waals surface area (Å²) in [6.45, 7) is 7.69. The van der Waals surface area contributed by atoms with E-state index in [0.29, 0.717) is 5.76 Å². The lowest BCUT2D eigenvalue weighted by Gasteiger charge is -2.33. The standard InChI is InChI=1S/C17H22N4O2S/c1-13(22-2)17-19-14(12-24-17)10-20-5-7-21(8-6-20)11-16-4-3-15(9-18)23-16/h3-4,12-13H,5-8,10-11H2,1-2H3/t13-/m1/s1. The largest absolute Gasteiger partial charge is 0.449 e. The van der Waals surface area contributed by atoms with Crippen molar-refractivity contribution in [2.45, 2.75) is 26.1 Å². The zero-order valence-electron chi connectivity index (χ0n) is 14.1. The first-order valence-electron chi connectivity index (χ1n) is 8.08. The van der Waals surface area contributed by atoms with Crippen LogP contribution < -0.4 is 0 Å². The Bertz CT molecular complexity index is 698. The molecule has 1 atom stereocenters. The molecule has 1 fully saturated rings. The van der Waals surface area contributed by atoms with E-state index in [4.69, 9.17) is 14.4 Å². The summed E-state index contributed by atoms with van der Waals surface area (Å²) >= 11 is 1.67. The van der Waals surface area contributed by atoms with Crippen molar-refractivity contribution in [1.82, 2.24) is 14.8 Å². The molecule has 7 heteroatoms. The Balaban J connectivity index is 1.46. The summed E-state index contributed by atoms with van der Waals surface area (Å²) in [5, 5.41) is 12.0. The van der Waals surface area contributed by atoms with Crippen molar-refractivity contribution in [3.8, 4) is 6.07 Å². The van der Waals surface area contributed by atoms with Crippen molar-refractivity contribution in [3.05, 3.63) is 39.7 Å². The Labute approximate surface area is 146 Å². The monoisotopic (exact) mass is 346 g/mol. The van der Waals surface area contributed by atoms with E-state index in [1.54, 1.807) is 24.5 Å². The highest BCUT2D eigenvalue weighted by atomic mass is 32.1. The van der Waals surface area contributed by atoms with E-state index in [0.717, 1.165) is 55.7 Å². The molecule has 2 aromatic heterocycles. The number of ether oxygens (including phenoxy) is 1. The second kappa shape index (κ2) is 7.90. The molecule has 0 radical (unpaired) electrons. The van der Waals surface area contributed by atoms with Gasteiger partial charge in [0.25, 0.3) is 0 Å². The normalized spacial score (nSPS) is 17.7. The first-order chi connectivity index (χ1) is 11.7. The average Bonchev–Trinajstić information content (AvgIpc) is 3.25. The third kappa shape index (κ3) is 4.22. The molecule has 0 spiro atoms. The van der Waals surface area contributed by atoms with Gasteiger partial charge in [0.1, 0.15) is 22.9 Å². The molecule has 0 bridgehead atoms. The summed E-state index contributed by atoms with van der Waals surface area (Å²) < 4.78 is 10.8. The number of aromatic nitrogens is 1. The second-order valence-corrected chi connectivity index (χ2v) is 6.87. The number of hydrogen-bond donors (Lipinski definition) is 0. The fraction of sp³-hybridized carbons (Fsp3) is 0.529. The topological polar surface area (TPSA) is 65.5 Å². The van der Waals surface area contributed by atoms with Crippen molar-refractivity contribution in [2.75, 3.05) is 33.3 Å². The van der Waals surface area contributed by atoms with Gasteiger partial charge in [-0.3, -0.25) is 9.80 Å². The third-order valence-corrected chi connectivity index (χ3v) is 5.33. The van der Waals surface area contributed by atoms with Crippen LogP contribution in [-0.2, 0) is 17.8 Å². The molecular formula is C17H22N4O2S. The molecule has 0 unspecified atom stereocenters. The van der Waals surface area contributed by atoms with E-state index in [1.165, 1.54) is 0 Å². The van der Waals surface area contributed by atoms with Crippen molar-refractivity contribution in [3.63, 3.8) is 0 Å². The van der Waals surface area contributed by atoms with Crippen LogP contribution in [0.15, 0.2) is 21.9 Å². The molecule has 0 saturated carbocycles. The minimum Gasteiger partial charge on any atom is -0.449 e. The summed E-state index contributed by atoms with van der Waals surface area (Å²) in [5.74, 6) is 1.24. The van der Waals surface area contributed by atoms with Crippen LogP contribution in [0.1, 0.15) is 35.2 Å². The molecule has 0 amide bonds. The summed E-state index contributed by atoms with van der Waals surface area (Å²) in [5.41, 5.74) is 1.12. The lowest BCUT2D eigenvalue weighted by molar-refractivity contribution is 0.113. The number of nitrogens with zero attached hydrogens (tertiary/aromatic N) is 4. The number of nitriles is 1. The van der Waals surface area contributed by atoms with E-state index in [2.05, 4.69) is 20.2 Å². The summed E-state index contributed by atoms with van der Waals surface area (Å²) in [6, 6.07) is 5.64. The number of furan rings is 1. The number of methoxy groups -OCH3 is 1. The maximum absolute atomic E-state index is 8.81. The van der Waals surface area contributed by atoms with Crippen molar-refractivity contribution >= 4 is 11.3 Å². The highest BCUT2D eigenvalue weighted by Crippen LogP contribution is 2.21. The van der Waals surface area contributed by atoms with Gasteiger partial charge < -0.3 is 9.15 Å². The Kier molecular flexibility index (Phi) is 5.63. The Morgan fingerprint density at radius 2 is 2.00 bits per heavy atom. The van der Waals surface area contributed by atoms with Crippen molar-refractivity contribution < 1.29 is 9.15 Å². The molecule has 0 aromatic carbocycles. The molecule has 0 aliphatic carbocycles. The molecule has 1 aliphatic heterocycles. The van der Waals surface area contributed by atoms with Gasteiger partial charge in [-0.05, 0) is 19.1 Å². The first kappa shape index (κ1) is 17.1. The Morgan fingerprint density at radius 1 is 1.29 bits per heavy atom. The highest BCUT2D eigenvalue weighted by molar-refractivity contribution is 7.09. The predicted molar refractivity (Wildman–Crippen MR) is 91.5 cm³/mol. The van der Waals surface area contributed by atoms with E-state index in [9.17, 15) is 0 Å². The Morgan fingerprint density at radius 3 is 2.62 bits per heavy atom. The van der Waals surface area contributed by atoms with Gasteiger partial charge in [0, 0.05) is 45.2 Å². The quantitative estimate of drug-likeness (QED) is 0.801. The molecule has 3 rings (SSSR count). The van der Waals surface area contributed by atoms with Gasteiger partial charge >= 0.3 is 0 Å². The fourth-order valence-electron chi connectivity index (χ4n) is 2.76. The first-order valence-corrected chi connectivity index (χ1v) is 8.96. The van der Waals surface area contributed by atoms with E-state index in [-0.39, 0.29) is 6.10 Å². The fourth-order valence-corrected chi connectivity index (χ4v) is 3.60. The Hall–Kier alpha value is -1.72. The second-order valence-electron chi connectivity index (χ2n) is 5.99. The molecule has 24 heavy (non-hydrogen) atoms. The van der Waals surface area contributed by atoms with Crippen LogP contribution in [0.25, 0.3) is 0 Å². The highest BCUT2D eigenvalue weighted by Gasteiger charge is 2.19. The molecular weight excluding hydrogens is 324 g/mol. The van der Waals surface area contributed by atoms with E-state index in [1.807, 2.05) is 19.1 Å². The van der Waals surface area contributed by atoms with Gasteiger partial charge in [-0.1, -0.05) is 0 Å². The summed E-state index contributed by atoms with van der Waals surface area (Å²) in [6.07, 6.45) is 0.0622. The molecule has 1 aliphatic rings. The zero-order valence-corrected chi connectivity index (χ0v) is 14.9. The van der Waals surface area contributed by atoms with Gasteiger partial charge in [0.05, 0.1) is 12.2 Å². The number of rotatable bonds is 6. The maximum Gasteiger partial charge on any atom is 0.203 e. The third-order valence-electron chi connectivity index (χ3n) is 4.27. The maximum atomic E-state index is 8.81. The number of piperazine rings is 1.